The van der Waals surface area contributed by atoms with Crippen LogP contribution in [0.2, 0.25) is 0 Å². The minimum Gasteiger partial charge on any atom is -0.451 e. The van der Waals surface area contributed by atoms with Crippen molar-refractivity contribution < 1.29 is 13.9 Å². The second-order valence-electron chi connectivity index (χ2n) is 6.97. The Bertz CT molecular complexity index is 1330. The molecule has 0 aliphatic heterocycles. The number of esters is 1. The van der Waals surface area contributed by atoms with Gasteiger partial charge < -0.3 is 9.15 Å². The summed E-state index contributed by atoms with van der Waals surface area (Å²) < 4.78 is 12.7. The fourth-order valence-corrected chi connectivity index (χ4v) is 3.25. The lowest BCUT2D eigenvalue weighted by atomic mass is 10.1. The second kappa shape index (κ2) is 8.69. The van der Waals surface area contributed by atoms with Crippen molar-refractivity contribution in [3.63, 3.8) is 0 Å². The summed E-state index contributed by atoms with van der Waals surface area (Å²) in [6, 6.07) is 30.2. The van der Waals surface area contributed by atoms with E-state index in [4.69, 9.17) is 9.15 Å². The first kappa shape index (κ1) is 19.4. The lowest BCUT2D eigenvalue weighted by molar-refractivity contribution is 0.0428. The van der Waals surface area contributed by atoms with Gasteiger partial charge >= 0.3 is 5.97 Å². The van der Waals surface area contributed by atoms with Gasteiger partial charge in [-0.1, -0.05) is 66.7 Å². The summed E-state index contributed by atoms with van der Waals surface area (Å²) in [7, 11) is 0. The molecule has 0 atom stereocenters. The first-order valence-corrected chi connectivity index (χ1v) is 10.0. The Morgan fingerprint density at radius 1 is 0.812 bits per heavy atom. The van der Waals surface area contributed by atoms with Gasteiger partial charge in [-0.25, -0.2) is 9.48 Å². The first-order valence-electron chi connectivity index (χ1n) is 10.0. The molecule has 5 rings (SSSR count). The largest absolute Gasteiger partial charge is 0.451 e. The molecule has 0 aliphatic rings. The van der Waals surface area contributed by atoms with Gasteiger partial charge in [0.05, 0.1) is 11.4 Å². The minimum atomic E-state index is -0.539. The molecule has 0 saturated carbocycles. The quantitative estimate of drug-likeness (QED) is 0.360. The number of nitrogens with zero attached hydrogens (tertiary/aromatic N) is 4. The predicted octanol–water partition coefficient (Wildman–Crippen LogP) is 4.95. The molecule has 3 aromatic carbocycles. The highest BCUT2D eigenvalue weighted by Gasteiger charge is 2.20. The van der Waals surface area contributed by atoms with E-state index in [1.54, 1.807) is 10.7 Å². The third-order valence-electron chi connectivity index (χ3n) is 4.80. The maximum atomic E-state index is 13.0. The van der Waals surface area contributed by atoms with E-state index in [9.17, 15) is 4.79 Å². The number of para-hydroxylation sites is 1. The lowest BCUT2D eigenvalue weighted by Crippen LogP contribution is -2.12. The van der Waals surface area contributed by atoms with Gasteiger partial charge in [0.25, 0.3) is 5.89 Å². The molecule has 32 heavy (non-hydrogen) atoms. The summed E-state index contributed by atoms with van der Waals surface area (Å²) >= 11 is 0. The van der Waals surface area contributed by atoms with Crippen LogP contribution in [0, 0.1) is 0 Å². The van der Waals surface area contributed by atoms with Crippen LogP contribution in [-0.4, -0.2) is 25.9 Å². The SMILES string of the molecule is O=C(OCc1nnc(-c2ccccc2)o1)c1cc(-c2ccccc2)nn1-c1ccccc1. The highest BCUT2D eigenvalue weighted by Crippen LogP contribution is 2.23. The normalized spacial score (nSPS) is 10.8. The fraction of sp³-hybridized carbons (Fsp3) is 0.0400. The molecule has 0 saturated heterocycles. The highest BCUT2D eigenvalue weighted by atomic mass is 16.5. The summed E-state index contributed by atoms with van der Waals surface area (Å²) in [5, 5.41) is 12.6. The second-order valence-corrected chi connectivity index (χ2v) is 6.97. The Morgan fingerprint density at radius 3 is 2.12 bits per heavy atom. The van der Waals surface area contributed by atoms with E-state index in [1.807, 2.05) is 91.0 Å². The monoisotopic (exact) mass is 422 g/mol. The van der Waals surface area contributed by atoms with Crippen molar-refractivity contribution in [3.05, 3.63) is 109 Å². The average molecular weight is 422 g/mol. The lowest BCUT2D eigenvalue weighted by Gasteiger charge is -2.06. The molecular formula is C25H18N4O3. The molecule has 0 fully saturated rings. The molecule has 0 amide bonds. The van der Waals surface area contributed by atoms with Crippen LogP contribution in [0.5, 0.6) is 0 Å². The van der Waals surface area contributed by atoms with Crippen molar-refractivity contribution in [3.8, 4) is 28.4 Å². The van der Waals surface area contributed by atoms with Gasteiger partial charge in [0.1, 0.15) is 0 Å². The van der Waals surface area contributed by atoms with Crippen molar-refractivity contribution in [2.75, 3.05) is 0 Å². The standard InChI is InChI=1S/C25H18N4O3/c30-25(31-17-23-26-27-24(32-23)19-12-6-2-7-13-19)22-16-21(18-10-4-1-5-11-18)28-29(22)20-14-8-3-9-15-20/h1-16H,17H2. The molecule has 156 valence electrons. The van der Waals surface area contributed by atoms with E-state index in [-0.39, 0.29) is 12.5 Å². The molecule has 0 radical (unpaired) electrons. The van der Waals surface area contributed by atoms with Crippen molar-refractivity contribution in [2.45, 2.75) is 6.61 Å². The number of ether oxygens (including phenoxy) is 1. The first-order chi connectivity index (χ1) is 15.8. The Labute approximate surface area is 183 Å². The van der Waals surface area contributed by atoms with Crippen LogP contribution >= 0.6 is 0 Å². The molecule has 0 unspecified atom stereocenters. The molecule has 0 N–H and O–H groups in total. The maximum Gasteiger partial charge on any atom is 0.357 e. The smallest absolute Gasteiger partial charge is 0.357 e. The van der Waals surface area contributed by atoms with Crippen LogP contribution in [0.3, 0.4) is 0 Å². The van der Waals surface area contributed by atoms with E-state index >= 15 is 0 Å². The molecule has 2 heterocycles. The molecule has 0 bridgehead atoms. The molecule has 7 heteroatoms. The molecule has 0 aliphatic carbocycles. The zero-order valence-electron chi connectivity index (χ0n) is 17.0. The number of carbonyl (C=O) groups excluding carboxylic acids is 1. The Kier molecular flexibility index (Phi) is 5.28. The summed E-state index contributed by atoms with van der Waals surface area (Å²) in [5.41, 5.74) is 3.43. The number of benzene rings is 3. The number of carbonyl (C=O) groups is 1. The molecular weight excluding hydrogens is 404 g/mol. The zero-order chi connectivity index (χ0) is 21.8. The van der Waals surface area contributed by atoms with E-state index in [1.165, 1.54) is 0 Å². The zero-order valence-corrected chi connectivity index (χ0v) is 17.0. The van der Waals surface area contributed by atoms with Gasteiger partial charge in [-0.2, -0.15) is 5.10 Å². The van der Waals surface area contributed by atoms with Gasteiger partial charge in [0.2, 0.25) is 5.89 Å². The Balaban J connectivity index is 1.39. The Hall–Kier alpha value is -4.52. The molecule has 0 spiro atoms. The number of aromatic nitrogens is 4. The van der Waals surface area contributed by atoms with Crippen molar-refractivity contribution in [2.24, 2.45) is 0 Å². The van der Waals surface area contributed by atoms with Crippen LogP contribution in [0.25, 0.3) is 28.4 Å². The fourth-order valence-electron chi connectivity index (χ4n) is 3.25. The van der Waals surface area contributed by atoms with Crippen LogP contribution in [0.1, 0.15) is 16.4 Å². The summed E-state index contributed by atoms with van der Waals surface area (Å²) in [6.07, 6.45) is 0. The maximum absolute atomic E-state index is 13.0. The Morgan fingerprint density at radius 2 is 1.44 bits per heavy atom. The number of hydrogen-bond acceptors (Lipinski definition) is 6. The summed E-state index contributed by atoms with van der Waals surface area (Å²) in [4.78, 5) is 13.0. The minimum absolute atomic E-state index is 0.140. The number of hydrogen-bond donors (Lipinski definition) is 0. The van der Waals surface area contributed by atoms with E-state index in [0.717, 1.165) is 16.8 Å². The van der Waals surface area contributed by atoms with Gasteiger partial charge in [0.15, 0.2) is 12.3 Å². The van der Waals surface area contributed by atoms with E-state index < -0.39 is 5.97 Å². The third kappa shape index (κ3) is 4.04. The van der Waals surface area contributed by atoms with Gasteiger partial charge in [-0.3, -0.25) is 0 Å². The van der Waals surface area contributed by atoms with Crippen LogP contribution in [0.4, 0.5) is 0 Å². The van der Waals surface area contributed by atoms with Crippen molar-refractivity contribution in [1.29, 1.82) is 0 Å². The molecule has 2 aromatic heterocycles. The number of rotatable bonds is 6. The van der Waals surface area contributed by atoms with Gasteiger partial charge in [-0.15, -0.1) is 10.2 Å². The van der Waals surface area contributed by atoms with Gasteiger partial charge in [-0.05, 0) is 30.3 Å². The topological polar surface area (TPSA) is 83.0 Å². The average Bonchev–Trinajstić information content (AvgIpc) is 3.52. The molecule has 7 nitrogen and oxygen atoms in total. The van der Waals surface area contributed by atoms with Crippen LogP contribution in [0.15, 0.2) is 101 Å². The summed E-state index contributed by atoms with van der Waals surface area (Å²) in [5.74, 6) is 0.0478. The van der Waals surface area contributed by atoms with Gasteiger partial charge in [0, 0.05) is 11.1 Å². The molecule has 5 aromatic rings. The van der Waals surface area contributed by atoms with E-state index in [2.05, 4.69) is 15.3 Å². The van der Waals surface area contributed by atoms with Crippen molar-refractivity contribution >= 4 is 5.97 Å². The highest BCUT2D eigenvalue weighted by molar-refractivity contribution is 5.89. The third-order valence-corrected chi connectivity index (χ3v) is 4.80. The van der Waals surface area contributed by atoms with Crippen LogP contribution < -0.4 is 0 Å². The van der Waals surface area contributed by atoms with E-state index in [0.29, 0.717) is 17.3 Å². The predicted molar refractivity (Wildman–Crippen MR) is 118 cm³/mol. The van der Waals surface area contributed by atoms with Crippen molar-refractivity contribution in [1.82, 2.24) is 20.0 Å². The van der Waals surface area contributed by atoms with Crippen LogP contribution in [-0.2, 0) is 11.3 Å². The summed E-state index contributed by atoms with van der Waals surface area (Å²) in [6.45, 7) is -0.140.